The minimum absolute atomic E-state index is 0.0123. The standard InChI is InChI=1S/C32H32F3N3O4/c1-23(39)36-17-19-37(20-18-36)28-14-9-26(10-15-28)22-38(29(31(41)42)21-25-5-3-2-4-6-25)30(40)16-11-24-7-12-27(13-8-24)32(33,34)35/h2-16,29H,17-22H2,1H3,(H,41,42). The van der Waals surface area contributed by atoms with Crippen molar-refractivity contribution in [3.8, 4) is 0 Å². The van der Waals surface area contributed by atoms with Crippen LogP contribution in [0.1, 0.15) is 29.2 Å². The molecule has 1 fully saturated rings. The molecule has 1 saturated heterocycles. The molecule has 1 aliphatic heterocycles. The summed E-state index contributed by atoms with van der Waals surface area (Å²) in [4.78, 5) is 42.7. The van der Waals surface area contributed by atoms with E-state index in [4.69, 9.17) is 0 Å². The number of aliphatic carboxylic acids is 1. The van der Waals surface area contributed by atoms with E-state index in [-0.39, 0.29) is 18.9 Å². The molecule has 3 aromatic carbocycles. The molecule has 0 saturated carbocycles. The fourth-order valence-electron chi connectivity index (χ4n) is 4.84. The molecule has 4 rings (SSSR count). The van der Waals surface area contributed by atoms with E-state index in [0.717, 1.165) is 28.9 Å². The molecule has 7 nitrogen and oxygen atoms in total. The fourth-order valence-corrected chi connectivity index (χ4v) is 4.84. The second-order valence-corrected chi connectivity index (χ2v) is 10.1. The Morgan fingerprint density at radius 2 is 1.50 bits per heavy atom. The Balaban J connectivity index is 1.54. The number of carbonyl (C=O) groups is 3. The van der Waals surface area contributed by atoms with Gasteiger partial charge in [0.05, 0.1) is 5.56 Å². The van der Waals surface area contributed by atoms with Crippen LogP contribution in [0.4, 0.5) is 18.9 Å². The maximum atomic E-state index is 13.4. The van der Waals surface area contributed by atoms with Gasteiger partial charge in [-0.3, -0.25) is 9.59 Å². The van der Waals surface area contributed by atoms with Crippen LogP contribution in [0.25, 0.3) is 6.08 Å². The van der Waals surface area contributed by atoms with Crippen molar-refractivity contribution in [1.82, 2.24) is 9.80 Å². The summed E-state index contributed by atoms with van der Waals surface area (Å²) in [6.45, 7) is 4.21. The van der Waals surface area contributed by atoms with Gasteiger partial charge < -0.3 is 19.8 Å². The number of anilines is 1. The molecule has 0 bridgehead atoms. The second kappa shape index (κ2) is 13.4. The number of hydrogen-bond donors (Lipinski definition) is 1. The summed E-state index contributed by atoms with van der Waals surface area (Å²) in [6, 6.07) is 19.7. The van der Waals surface area contributed by atoms with E-state index in [9.17, 15) is 32.7 Å². The molecule has 1 atom stereocenters. The quantitative estimate of drug-likeness (QED) is 0.357. The van der Waals surface area contributed by atoms with Crippen LogP contribution in [0.2, 0.25) is 0 Å². The van der Waals surface area contributed by atoms with Crippen LogP contribution in [0.15, 0.2) is 84.9 Å². The molecule has 2 amide bonds. The highest BCUT2D eigenvalue weighted by Crippen LogP contribution is 2.29. The lowest BCUT2D eigenvalue weighted by Crippen LogP contribution is -2.48. The summed E-state index contributed by atoms with van der Waals surface area (Å²) >= 11 is 0. The number of carboxylic acid groups (broad SMARTS) is 1. The lowest BCUT2D eigenvalue weighted by atomic mass is 10.0. The zero-order valence-electron chi connectivity index (χ0n) is 23.1. The van der Waals surface area contributed by atoms with Crippen molar-refractivity contribution in [3.63, 3.8) is 0 Å². The molecular formula is C32H32F3N3O4. The summed E-state index contributed by atoms with van der Waals surface area (Å²) in [6.07, 6.45) is -1.83. The normalized spacial score (nSPS) is 14.6. The number of nitrogens with zero attached hydrogens (tertiary/aromatic N) is 3. The molecule has 10 heteroatoms. The van der Waals surface area contributed by atoms with Crippen molar-refractivity contribution < 1.29 is 32.7 Å². The van der Waals surface area contributed by atoms with Crippen LogP contribution in [-0.2, 0) is 33.5 Å². The lowest BCUT2D eigenvalue weighted by molar-refractivity contribution is -0.148. The monoisotopic (exact) mass is 579 g/mol. The van der Waals surface area contributed by atoms with Crippen molar-refractivity contribution in [1.29, 1.82) is 0 Å². The van der Waals surface area contributed by atoms with E-state index in [0.29, 0.717) is 31.7 Å². The van der Waals surface area contributed by atoms with Gasteiger partial charge in [-0.2, -0.15) is 13.2 Å². The number of alkyl halides is 3. The van der Waals surface area contributed by atoms with Crippen molar-refractivity contribution in [2.75, 3.05) is 31.1 Å². The predicted octanol–water partition coefficient (Wildman–Crippen LogP) is 5.11. The Bertz CT molecular complexity index is 1400. The zero-order chi connectivity index (χ0) is 30.3. The van der Waals surface area contributed by atoms with E-state index in [1.807, 2.05) is 30.3 Å². The van der Waals surface area contributed by atoms with Crippen LogP contribution in [0.3, 0.4) is 0 Å². The maximum absolute atomic E-state index is 13.4. The summed E-state index contributed by atoms with van der Waals surface area (Å²) < 4.78 is 38.7. The largest absolute Gasteiger partial charge is 0.480 e. The van der Waals surface area contributed by atoms with Crippen LogP contribution in [0.5, 0.6) is 0 Å². The van der Waals surface area contributed by atoms with Gasteiger partial charge in [0.1, 0.15) is 6.04 Å². The molecule has 1 unspecified atom stereocenters. The van der Waals surface area contributed by atoms with E-state index in [2.05, 4.69) is 4.90 Å². The molecule has 220 valence electrons. The summed E-state index contributed by atoms with van der Waals surface area (Å²) in [5, 5.41) is 10.1. The van der Waals surface area contributed by atoms with Crippen LogP contribution >= 0.6 is 0 Å². The Morgan fingerprint density at radius 1 is 0.881 bits per heavy atom. The average Bonchev–Trinajstić information content (AvgIpc) is 2.98. The van der Waals surface area contributed by atoms with Gasteiger partial charge in [-0.25, -0.2) is 4.79 Å². The molecule has 1 aliphatic rings. The first-order valence-corrected chi connectivity index (χ1v) is 13.5. The number of piperazine rings is 1. The average molecular weight is 580 g/mol. The smallest absolute Gasteiger partial charge is 0.416 e. The Kier molecular flexibility index (Phi) is 9.67. The van der Waals surface area contributed by atoms with E-state index in [1.54, 1.807) is 36.1 Å². The van der Waals surface area contributed by atoms with E-state index in [1.165, 1.54) is 29.2 Å². The number of carbonyl (C=O) groups excluding carboxylic acids is 2. The van der Waals surface area contributed by atoms with E-state index < -0.39 is 29.7 Å². The van der Waals surface area contributed by atoms with Gasteiger partial charge in [-0.05, 0) is 47.0 Å². The number of carboxylic acids is 1. The van der Waals surface area contributed by atoms with Gasteiger partial charge in [-0.15, -0.1) is 0 Å². The van der Waals surface area contributed by atoms with Crippen LogP contribution in [0, 0.1) is 0 Å². The zero-order valence-corrected chi connectivity index (χ0v) is 23.1. The molecular weight excluding hydrogens is 547 g/mol. The maximum Gasteiger partial charge on any atom is 0.416 e. The molecule has 0 spiro atoms. The summed E-state index contributed by atoms with van der Waals surface area (Å²) in [5.74, 6) is -1.71. The van der Waals surface area contributed by atoms with E-state index >= 15 is 0 Å². The number of rotatable bonds is 9. The SMILES string of the molecule is CC(=O)N1CCN(c2ccc(CN(C(=O)C=Cc3ccc(C(F)(F)F)cc3)C(Cc3ccccc3)C(=O)O)cc2)CC1. The number of hydrogen-bond acceptors (Lipinski definition) is 4. The number of benzene rings is 3. The van der Waals surface area contributed by atoms with Crippen molar-refractivity contribution >= 4 is 29.5 Å². The highest BCUT2D eigenvalue weighted by atomic mass is 19.4. The molecule has 0 aliphatic carbocycles. The Morgan fingerprint density at radius 3 is 2.05 bits per heavy atom. The first-order valence-electron chi connectivity index (χ1n) is 13.5. The second-order valence-electron chi connectivity index (χ2n) is 10.1. The Labute approximate surface area is 242 Å². The van der Waals surface area contributed by atoms with Gasteiger partial charge >= 0.3 is 12.1 Å². The summed E-state index contributed by atoms with van der Waals surface area (Å²) in [5.41, 5.74) is 2.00. The fraction of sp³-hybridized carbons (Fsp3) is 0.281. The molecule has 0 aromatic heterocycles. The molecule has 42 heavy (non-hydrogen) atoms. The molecule has 3 aromatic rings. The third-order valence-corrected chi connectivity index (χ3v) is 7.25. The van der Waals surface area contributed by atoms with Crippen LogP contribution in [-0.4, -0.2) is 64.9 Å². The predicted molar refractivity (Wildman–Crippen MR) is 154 cm³/mol. The molecule has 1 N–H and O–H groups in total. The van der Waals surface area contributed by atoms with Crippen molar-refractivity contribution in [2.24, 2.45) is 0 Å². The first kappa shape index (κ1) is 30.4. The van der Waals surface area contributed by atoms with Crippen molar-refractivity contribution in [3.05, 3.63) is 107 Å². The van der Waals surface area contributed by atoms with Gasteiger partial charge in [0, 0.05) is 57.8 Å². The van der Waals surface area contributed by atoms with Gasteiger partial charge in [-0.1, -0.05) is 54.6 Å². The highest BCUT2D eigenvalue weighted by Gasteiger charge is 2.31. The highest BCUT2D eigenvalue weighted by molar-refractivity contribution is 5.94. The summed E-state index contributed by atoms with van der Waals surface area (Å²) in [7, 11) is 0. The molecule has 0 radical (unpaired) electrons. The van der Waals surface area contributed by atoms with Gasteiger partial charge in [0.25, 0.3) is 0 Å². The van der Waals surface area contributed by atoms with Gasteiger partial charge in [0.2, 0.25) is 11.8 Å². The van der Waals surface area contributed by atoms with Crippen molar-refractivity contribution in [2.45, 2.75) is 32.1 Å². The third kappa shape index (κ3) is 7.99. The Hall–Kier alpha value is -4.60. The van der Waals surface area contributed by atoms with Gasteiger partial charge in [0.15, 0.2) is 0 Å². The minimum atomic E-state index is -4.47. The topological polar surface area (TPSA) is 81.2 Å². The molecule has 1 heterocycles. The van der Waals surface area contributed by atoms with Crippen LogP contribution < -0.4 is 4.90 Å². The third-order valence-electron chi connectivity index (χ3n) is 7.25. The number of halogens is 3. The number of amides is 2. The lowest BCUT2D eigenvalue weighted by Gasteiger charge is -2.35. The first-order chi connectivity index (χ1) is 20.0. The minimum Gasteiger partial charge on any atom is -0.480 e.